The first kappa shape index (κ1) is 513. The second kappa shape index (κ2) is 252. The van der Waals surface area contributed by atoms with E-state index >= 15 is 0 Å². The zero-order chi connectivity index (χ0) is 0. The van der Waals surface area contributed by atoms with Crippen LogP contribution in [0.25, 0.3) is 0 Å². The van der Waals surface area contributed by atoms with Gasteiger partial charge in [0.15, 0.2) is 0 Å². The van der Waals surface area contributed by atoms with Crippen LogP contribution in [0.1, 0.15) is 0 Å². The second-order valence-corrected chi connectivity index (χ2v) is 0. The first-order valence-electron chi connectivity index (χ1n) is 0. The third-order valence-corrected chi connectivity index (χ3v) is 0. The summed E-state index contributed by atoms with van der Waals surface area (Å²) in [7, 11) is 0. The molecule has 0 amide bonds. The van der Waals surface area contributed by atoms with E-state index < -0.39 is 0 Å². The van der Waals surface area contributed by atoms with Crippen molar-refractivity contribution in [2.24, 2.45) is 0 Å². The Hall–Kier alpha value is 0.460. The Bertz CT molecular complexity index is 3.61. The average molecular weight is 257 g/mol. The van der Waals surface area contributed by atoms with Crippen LogP contribution in [0, 0.1) is 0 Å². The first-order chi connectivity index (χ1) is 0. The average Bonchev–Trinajstić information content (AvgIpc) is 0. The number of rotatable bonds is 0. The van der Waals surface area contributed by atoms with Crippen LogP contribution < -0.4 is 18.8 Å². The maximum atomic E-state index is 0. The molecule has 0 aliphatic carbocycles. The molecule has 0 atom stereocenters. The molecule has 37 valence electrons. The van der Waals surface area contributed by atoms with Crippen LogP contribution in [-0.4, -0.2) is 0 Å². The van der Waals surface area contributed by atoms with Crippen LogP contribution in [0.15, 0.2) is 0 Å². The van der Waals surface area contributed by atoms with Crippen molar-refractivity contribution >= 4 is 0 Å². The van der Waals surface area contributed by atoms with E-state index in [4.69, 9.17) is 0 Å². The van der Waals surface area contributed by atoms with Gasteiger partial charge in [0.1, 0.15) is 0 Å². The summed E-state index contributed by atoms with van der Waals surface area (Å²) >= 11 is 0. The molecule has 5 heavy (non-hydrogen) atoms. The van der Waals surface area contributed by atoms with Crippen LogP contribution in [-0.2, 0) is 22.4 Å². The minimum absolute atomic E-state index is 0. The van der Waals surface area contributed by atoms with Gasteiger partial charge in [0, 0.05) is 22.4 Å². The van der Waals surface area contributed by atoms with Crippen molar-refractivity contribution in [2.75, 3.05) is 0 Å². The molecule has 5 heteroatoms. The van der Waals surface area contributed by atoms with Gasteiger partial charge < -0.3 is 18.8 Å². The fourth-order valence-corrected chi connectivity index (χ4v) is 0. The first-order valence-corrected chi connectivity index (χ1v) is 0. The van der Waals surface area contributed by atoms with Crippen LogP contribution in [0.3, 0.4) is 0 Å². The number of halogens is 4. The standard InChI is InChI=1S/4FH.Ta/h4*1H;/p-4. The van der Waals surface area contributed by atoms with Crippen molar-refractivity contribution in [2.45, 2.75) is 0 Å². The molecule has 0 saturated heterocycles. The maximum absolute atomic E-state index is 0. The molecule has 0 heterocycles. The molecule has 0 saturated carbocycles. The topological polar surface area (TPSA) is 0 Å². The van der Waals surface area contributed by atoms with Gasteiger partial charge in [-0.1, -0.05) is 0 Å². The molecule has 1 radical (unpaired) electrons. The van der Waals surface area contributed by atoms with E-state index in [1.807, 2.05) is 0 Å². The second-order valence-electron chi connectivity index (χ2n) is 0. The zero-order valence-corrected chi connectivity index (χ0v) is 5.17. The minimum Gasteiger partial charge on any atom is -1.00 e. The van der Waals surface area contributed by atoms with Crippen molar-refractivity contribution < 1.29 is 41.2 Å². The van der Waals surface area contributed by atoms with Gasteiger partial charge in [-0.05, 0) is 0 Å². The molecule has 0 unspecified atom stereocenters. The Balaban J connectivity index is 0. The van der Waals surface area contributed by atoms with Gasteiger partial charge in [-0.25, -0.2) is 0 Å². The molecule has 0 aliphatic rings. The SMILES string of the molecule is [F-].[F-].[F-].[F-].[Ta]. The van der Waals surface area contributed by atoms with Gasteiger partial charge in [-0.2, -0.15) is 0 Å². The maximum Gasteiger partial charge on any atom is 0 e. The van der Waals surface area contributed by atoms with Gasteiger partial charge in [0.2, 0.25) is 0 Å². The van der Waals surface area contributed by atoms with Gasteiger partial charge in [-0.3, -0.25) is 0 Å². The zero-order valence-electron chi connectivity index (χ0n) is 1.96. The largest absolute Gasteiger partial charge is 1.00 e. The van der Waals surface area contributed by atoms with Gasteiger partial charge in [-0.15, -0.1) is 0 Å². The molecule has 0 N–H and O–H groups in total. The minimum atomic E-state index is 0. The van der Waals surface area contributed by atoms with E-state index in [0.29, 0.717) is 0 Å². The Labute approximate surface area is 41.9 Å². The summed E-state index contributed by atoms with van der Waals surface area (Å²) in [6.07, 6.45) is 0. The van der Waals surface area contributed by atoms with E-state index in [1.165, 1.54) is 0 Å². The van der Waals surface area contributed by atoms with Crippen molar-refractivity contribution in [3.63, 3.8) is 0 Å². The van der Waals surface area contributed by atoms with Crippen LogP contribution in [0.5, 0.6) is 0 Å². The summed E-state index contributed by atoms with van der Waals surface area (Å²) in [5, 5.41) is 0. The summed E-state index contributed by atoms with van der Waals surface area (Å²) < 4.78 is 0. The van der Waals surface area contributed by atoms with Crippen molar-refractivity contribution in [3.05, 3.63) is 0 Å². The molecule has 0 aromatic carbocycles. The van der Waals surface area contributed by atoms with Crippen LogP contribution in [0.4, 0.5) is 0 Å². The third-order valence-electron chi connectivity index (χ3n) is 0. The molecule has 0 fully saturated rings. The van der Waals surface area contributed by atoms with E-state index in [9.17, 15) is 0 Å². The third kappa shape index (κ3) is 127. The van der Waals surface area contributed by atoms with Crippen LogP contribution >= 0.6 is 0 Å². The quantitative estimate of drug-likeness (QED) is 0.378. The smallest absolute Gasteiger partial charge is 0 e. The van der Waals surface area contributed by atoms with Crippen LogP contribution in [0.2, 0.25) is 0 Å². The Morgan fingerprint density at radius 1 is 0.400 bits per heavy atom. The van der Waals surface area contributed by atoms with E-state index in [-0.39, 0.29) is 41.2 Å². The van der Waals surface area contributed by atoms with Gasteiger partial charge in [0.05, 0.1) is 0 Å². The molecule has 0 nitrogen and oxygen atoms in total. The normalized spacial score (nSPS) is 0. The Morgan fingerprint density at radius 3 is 0.400 bits per heavy atom. The Morgan fingerprint density at radius 2 is 0.400 bits per heavy atom. The van der Waals surface area contributed by atoms with Crippen molar-refractivity contribution in [1.29, 1.82) is 0 Å². The summed E-state index contributed by atoms with van der Waals surface area (Å²) in [5.74, 6) is 0. The molecular formula is F4Ta-4. The van der Waals surface area contributed by atoms with Gasteiger partial charge in [0.25, 0.3) is 0 Å². The molecule has 0 spiro atoms. The monoisotopic (exact) mass is 257 g/mol. The van der Waals surface area contributed by atoms with Gasteiger partial charge >= 0.3 is 0 Å². The fourth-order valence-electron chi connectivity index (χ4n) is 0. The van der Waals surface area contributed by atoms with E-state index in [1.54, 1.807) is 0 Å². The molecule has 0 aromatic rings. The fraction of sp³-hybridized carbons (Fsp3) is 0. The summed E-state index contributed by atoms with van der Waals surface area (Å²) in [5.41, 5.74) is 0. The summed E-state index contributed by atoms with van der Waals surface area (Å²) in [6.45, 7) is 0. The predicted molar refractivity (Wildman–Crippen MR) is 0 cm³/mol. The molecular weight excluding hydrogens is 257 g/mol. The summed E-state index contributed by atoms with van der Waals surface area (Å²) in [4.78, 5) is 0. The summed E-state index contributed by atoms with van der Waals surface area (Å²) in [6, 6.07) is 0. The molecule has 0 aliphatic heterocycles. The molecule has 0 bridgehead atoms. The number of hydrogen-bond donors (Lipinski definition) is 0. The Kier molecular flexibility index (Phi) is 25900. The van der Waals surface area contributed by atoms with E-state index in [0.717, 1.165) is 0 Å². The van der Waals surface area contributed by atoms with Crippen molar-refractivity contribution in [1.82, 2.24) is 0 Å². The van der Waals surface area contributed by atoms with Crippen molar-refractivity contribution in [3.8, 4) is 0 Å². The molecule has 0 rings (SSSR count). The predicted octanol–water partition coefficient (Wildman–Crippen LogP) is -12.0. The van der Waals surface area contributed by atoms with E-state index in [2.05, 4.69) is 0 Å². The molecule has 0 aromatic heterocycles. The number of hydrogen-bond acceptors (Lipinski definition) is 0.